The van der Waals surface area contributed by atoms with Crippen LogP contribution < -0.4 is 14.2 Å². The normalized spacial score (nSPS) is 23.7. The van der Waals surface area contributed by atoms with Crippen molar-refractivity contribution in [2.24, 2.45) is 11.8 Å². The quantitative estimate of drug-likeness (QED) is 0.152. The molecule has 5 atom stereocenters. The number of sulfonamides is 1. The van der Waals surface area contributed by atoms with E-state index in [0.29, 0.717) is 36.8 Å². The lowest BCUT2D eigenvalue weighted by Crippen LogP contribution is -2.51. The number of carbonyl (C=O) groups excluding carboxylic acids is 1. The molecule has 4 aliphatic rings. The minimum atomic E-state index is -4.03. The Morgan fingerprint density at radius 2 is 1.79 bits per heavy atom. The van der Waals surface area contributed by atoms with Crippen molar-refractivity contribution in [3.05, 3.63) is 102 Å². The van der Waals surface area contributed by atoms with E-state index >= 15 is 0 Å². The number of ether oxygens (including phenoxy) is 7. The third-order valence-corrected chi connectivity index (χ3v) is 12.7. The fraction of sp³-hybridized carbons (Fsp3) is 0.476. The number of hydrogen-bond donors (Lipinski definition) is 0. The van der Waals surface area contributed by atoms with Gasteiger partial charge in [-0.05, 0) is 68.0 Å². The second-order valence-electron chi connectivity index (χ2n) is 15.8. The molecule has 5 heterocycles. The summed E-state index contributed by atoms with van der Waals surface area (Å²) in [6, 6.07) is 21.9. The Bertz CT molecular complexity index is 2130. The van der Waals surface area contributed by atoms with E-state index in [2.05, 4.69) is 21.7 Å². The number of benzene rings is 3. The first-order valence-corrected chi connectivity index (χ1v) is 20.9. The van der Waals surface area contributed by atoms with Gasteiger partial charge in [-0.25, -0.2) is 18.2 Å². The molecular weight excluding hydrogens is 753 g/mol. The molecule has 4 aromatic rings. The summed E-state index contributed by atoms with van der Waals surface area (Å²) < 4.78 is 73.6. The van der Waals surface area contributed by atoms with Crippen LogP contribution >= 0.6 is 0 Å². The van der Waals surface area contributed by atoms with Gasteiger partial charge < -0.3 is 37.7 Å². The van der Waals surface area contributed by atoms with Gasteiger partial charge in [-0.1, -0.05) is 56.3 Å². The Morgan fingerprint density at radius 1 is 1.00 bits per heavy atom. The van der Waals surface area contributed by atoms with E-state index in [-0.39, 0.29) is 56.1 Å². The molecular formula is C42H50N4O10S. The number of nitrogens with zero attached hydrogens (tertiary/aromatic N) is 4. The van der Waals surface area contributed by atoms with E-state index in [9.17, 15) is 13.2 Å². The van der Waals surface area contributed by atoms with Gasteiger partial charge in [-0.2, -0.15) is 4.31 Å². The van der Waals surface area contributed by atoms with Crippen molar-refractivity contribution >= 4 is 16.1 Å². The largest absolute Gasteiger partial charge is 0.486 e. The highest BCUT2D eigenvalue weighted by Gasteiger charge is 2.53. The third kappa shape index (κ3) is 8.49. The van der Waals surface area contributed by atoms with E-state index in [1.54, 1.807) is 17.2 Å². The molecule has 0 bridgehead atoms. The van der Waals surface area contributed by atoms with Gasteiger partial charge in [-0.15, -0.1) is 0 Å². The number of hydrogen-bond acceptors (Lipinski definition) is 11. The number of imidazole rings is 1. The van der Waals surface area contributed by atoms with Crippen LogP contribution in [0.1, 0.15) is 51.1 Å². The monoisotopic (exact) mass is 802 g/mol. The Morgan fingerprint density at radius 3 is 2.58 bits per heavy atom. The number of fused-ring (bicyclic) bond motifs is 2. The second kappa shape index (κ2) is 16.3. The number of carbonyl (C=O) groups is 1. The summed E-state index contributed by atoms with van der Waals surface area (Å²) in [5, 5.41) is 0. The highest BCUT2D eigenvalue weighted by atomic mass is 32.2. The van der Waals surface area contributed by atoms with Crippen LogP contribution in [0.3, 0.4) is 0 Å². The molecule has 3 fully saturated rings. The maximum absolute atomic E-state index is 14.4. The van der Waals surface area contributed by atoms with Gasteiger partial charge in [0.05, 0.1) is 36.2 Å². The van der Waals surface area contributed by atoms with Gasteiger partial charge in [0.25, 0.3) is 0 Å². The predicted octanol–water partition coefficient (Wildman–Crippen LogP) is 5.83. The predicted molar refractivity (Wildman–Crippen MR) is 207 cm³/mol. The molecule has 8 rings (SSSR count). The maximum Gasteiger partial charge on any atom is 0.412 e. The smallest absolute Gasteiger partial charge is 0.412 e. The molecule has 304 valence electrons. The molecule has 1 aromatic heterocycles. The Labute approximate surface area is 333 Å². The van der Waals surface area contributed by atoms with Crippen LogP contribution in [0.5, 0.6) is 17.2 Å². The van der Waals surface area contributed by atoms with Gasteiger partial charge in [0.15, 0.2) is 17.8 Å². The average Bonchev–Trinajstić information content (AvgIpc) is 4.02. The van der Waals surface area contributed by atoms with Crippen molar-refractivity contribution in [2.45, 2.75) is 88.8 Å². The summed E-state index contributed by atoms with van der Waals surface area (Å²) in [4.78, 5) is 20.5. The molecule has 3 aromatic carbocycles. The molecule has 0 spiro atoms. The third-order valence-electron chi connectivity index (χ3n) is 10.9. The molecule has 1 amide bonds. The lowest BCUT2D eigenvalue weighted by molar-refractivity contribution is -0.0911. The van der Waals surface area contributed by atoms with Gasteiger partial charge >= 0.3 is 6.09 Å². The van der Waals surface area contributed by atoms with Gasteiger partial charge in [-0.3, -0.25) is 4.90 Å². The van der Waals surface area contributed by atoms with Gasteiger partial charge in [0, 0.05) is 38.1 Å². The molecule has 0 aliphatic carbocycles. The van der Waals surface area contributed by atoms with E-state index in [4.69, 9.17) is 33.2 Å². The zero-order valence-electron chi connectivity index (χ0n) is 32.7. The molecule has 0 saturated carbocycles. The van der Waals surface area contributed by atoms with E-state index in [1.165, 1.54) is 22.0 Å². The van der Waals surface area contributed by atoms with Gasteiger partial charge in [0.1, 0.15) is 30.0 Å². The van der Waals surface area contributed by atoms with Crippen LogP contribution in [0.2, 0.25) is 0 Å². The van der Waals surface area contributed by atoms with Crippen LogP contribution in [0.4, 0.5) is 4.79 Å². The summed E-state index contributed by atoms with van der Waals surface area (Å²) in [6.45, 7) is 9.57. The molecule has 57 heavy (non-hydrogen) atoms. The summed E-state index contributed by atoms with van der Waals surface area (Å²) in [5.74, 6) is 2.28. The first kappa shape index (κ1) is 39.2. The summed E-state index contributed by atoms with van der Waals surface area (Å²) in [7, 11) is -4.03. The minimum absolute atomic E-state index is 0.00407. The van der Waals surface area contributed by atoms with Crippen molar-refractivity contribution in [3.8, 4) is 17.2 Å². The van der Waals surface area contributed by atoms with Crippen molar-refractivity contribution in [3.63, 3.8) is 0 Å². The van der Waals surface area contributed by atoms with Crippen molar-refractivity contribution in [1.82, 2.24) is 18.8 Å². The van der Waals surface area contributed by atoms with Crippen molar-refractivity contribution in [2.75, 3.05) is 33.1 Å². The van der Waals surface area contributed by atoms with E-state index in [1.807, 2.05) is 76.4 Å². The number of aromatic nitrogens is 2. The topological polar surface area (TPSA) is 140 Å². The SMILES string of the molecule is CC(C)CN(C[C@@H]1OC(C)(C)N(C(=O)O[C@@H]2CO[C@@H]3OCC[C@@H]32)[C@@H]1Cc1ccc(OCc2nccn2Cc2ccccc2)cc1)S(=O)(=O)c1ccc2c(c1)OCO2. The average molecular weight is 803 g/mol. The van der Waals surface area contributed by atoms with E-state index in [0.717, 1.165) is 17.8 Å². The summed E-state index contributed by atoms with van der Waals surface area (Å²) in [6.07, 6.45) is 2.70. The Kier molecular flexibility index (Phi) is 11.2. The number of amides is 1. The molecule has 0 radical (unpaired) electrons. The lowest BCUT2D eigenvalue weighted by Gasteiger charge is -2.34. The zero-order chi connectivity index (χ0) is 39.7. The Balaban J connectivity index is 1.03. The highest BCUT2D eigenvalue weighted by Crippen LogP contribution is 2.40. The molecule has 3 saturated heterocycles. The van der Waals surface area contributed by atoms with Crippen molar-refractivity contribution in [1.29, 1.82) is 0 Å². The molecule has 0 unspecified atom stereocenters. The van der Waals surface area contributed by atoms with Gasteiger partial charge in [0.2, 0.25) is 16.8 Å². The molecule has 15 heteroatoms. The van der Waals surface area contributed by atoms with Crippen LogP contribution in [0.15, 0.2) is 90.1 Å². The first-order valence-electron chi connectivity index (χ1n) is 19.5. The van der Waals surface area contributed by atoms with Crippen LogP contribution in [0.25, 0.3) is 0 Å². The standard InChI is InChI=1S/C42H50N4O10S/c1-28(2)22-45(57(48,49)32-14-15-35-36(21-32)54-27-53-35)24-37-34(46(42(3,4)56-37)41(47)55-38-25-52-40-33(38)16-19-50-40)20-29-10-12-31(13-11-29)51-26-39-43-17-18-44(39)23-30-8-6-5-7-9-30/h5-15,17-18,21,28,33-34,37-38,40H,16,19-20,22-27H2,1-4H3/t33-,34-,37+,38-,40+/m1/s1. The maximum atomic E-state index is 14.4. The van der Waals surface area contributed by atoms with E-state index < -0.39 is 40.1 Å². The fourth-order valence-corrected chi connectivity index (χ4v) is 9.75. The Hall–Kier alpha value is -4.67. The minimum Gasteiger partial charge on any atom is -0.486 e. The van der Waals surface area contributed by atoms with Crippen LogP contribution in [0, 0.1) is 11.8 Å². The first-order chi connectivity index (χ1) is 27.4. The summed E-state index contributed by atoms with van der Waals surface area (Å²) in [5.41, 5.74) is 0.945. The lowest BCUT2D eigenvalue weighted by atomic mass is 9.99. The summed E-state index contributed by atoms with van der Waals surface area (Å²) >= 11 is 0. The van der Waals surface area contributed by atoms with Crippen LogP contribution in [-0.4, -0.2) is 96.6 Å². The van der Waals surface area contributed by atoms with Crippen LogP contribution in [-0.2, 0) is 48.5 Å². The highest BCUT2D eigenvalue weighted by molar-refractivity contribution is 7.89. The second-order valence-corrected chi connectivity index (χ2v) is 17.8. The molecule has 14 nitrogen and oxygen atoms in total. The fourth-order valence-electron chi connectivity index (χ4n) is 8.12. The zero-order valence-corrected chi connectivity index (χ0v) is 33.5. The molecule has 0 N–H and O–H groups in total. The number of rotatable bonds is 14. The molecule has 4 aliphatic heterocycles. The van der Waals surface area contributed by atoms with Crippen molar-refractivity contribution < 1.29 is 46.4 Å².